The number of halogens is 1. The standard InChI is InChI=1S/C22H25FN4O2/c1-4-27-19-11-16(29-3)8-7-14(19)10-20(27)18-12-21(26-25-18)24-22(28)15-6-5-13(2)17(23)9-15/h5-11,18,21,25-26H,4,12H2,1-3H3,(H,24,28). The SMILES string of the molecule is CCn1c(C2CC(NC(=O)c3ccc(C)c(F)c3)NN2)cc2ccc(OC)cc21. The van der Waals surface area contributed by atoms with Gasteiger partial charge in [0.1, 0.15) is 11.6 Å². The molecule has 3 N–H and O–H groups in total. The van der Waals surface area contributed by atoms with E-state index in [-0.39, 0.29) is 23.9 Å². The van der Waals surface area contributed by atoms with Crippen molar-refractivity contribution in [3.63, 3.8) is 0 Å². The highest BCUT2D eigenvalue weighted by atomic mass is 19.1. The number of amides is 1. The number of fused-ring (bicyclic) bond motifs is 1. The van der Waals surface area contributed by atoms with Crippen LogP contribution in [0.3, 0.4) is 0 Å². The molecule has 1 aliphatic heterocycles. The van der Waals surface area contributed by atoms with E-state index in [1.807, 2.05) is 12.1 Å². The molecule has 2 atom stereocenters. The zero-order valence-electron chi connectivity index (χ0n) is 16.8. The van der Waals surface area contributed by atoms with E-state index < -0.39 is 0 Å². The first-order chi connectivity index (χ1) is 14.0. The van der Waals surface area contributed by atoms with Crippen molar-refractivity contribution in [1.82, 2.24) is 20.7 Å². The first-order valence-corrected chi connectivity index (χ1v) is 9.75. The topological polar surface area (TPSA) is 67.3 Å². The van der Waals surface area contributed by atoms with Crippen LogP contribution in [-0.4, -0.2) is 23.7 Å². The molecule has 1 aromatic heterocycles. The summed E-state index contributed by atoms with van der Waals surface area (Å²) in [6.07, 6.45) is 0.419. The molecular weight excluding hydrogens is 371 g/mol. The summed E-state index contributed by atoms with van der Waals surface area (Å²) in [5.74, 6) is 0.144. The van der Waals surface area contributed by atoms with Crippen molar-refractivity contribution in [2.24, 2.45) is 0 Å². The van der Waals surface area contributed by atoms with E-state index in [9.17, 15) is 9.18 Å². The number of nitrogens with one attached hydrogen (secondary N) is 3. The lowest BCUT2D eigenvalue weighted by molar-refractivity contribution is 0.0932. The Morgan fingerprint density at radius 1 is 1.24 bits per heavy atom. The Kier molecular flexibility index (Phi) is 5.25. The van der Waals surface area contributed by atoms with Gasteiger partial charge in [-0.25, -0.2) is 15.2 Å². The molecule has 0 aliphatic carbocycles. The highest BCUT2D eigenvalue weighted by molar-refractivity contribution is 5.94. The number of ether oxygens (including phenoxy) is 1. The lowest BCUT2D eigenvalue weighted by Crippen LogP contribution is -2.44. The van der Waals surface area contributed by atoms with E-state index in [2.05, 4.69) is 39.8 Å². The van der Waals surface area contributed by atoms with Crippen LogP contribution in [0.4, 0.5) is 4.39 Å². The van der Waals surface area contributed by atoms with Gasteiger partial charge < -0.3 is 14.6 Å². The van der Waals surface area contributed by atoms with Crippen LogP contribution in [-0.2, 0) is 6.54 Å². The number of carbonyl (C=O) groups excluding carboxylic acids is 1. The first kappa shape index (κ1) is 19.4. The normalized spacial score (nSPS) is 18.9. The van der Waals surface area contributed by atoms with Gasteiger partial charge in [-0.05, 0) is 49.7 Å². The molecule has 1 aliphatic rings. The van der Waals surface area contributed by atoms with Gasteiger partial charge in [0.05, 0.1) is 24.8 Å². The number of rotatable bonds is 5. The lowest BCUT2D eigenvalue weighted by Gasteiger charge is -2.14. The van der Waals surface area contributed by atoms with E-state index in [0.29, 0.717) is 17.5 Å². The minimum Gasteiger partial charge on any atom is -0.497 e. The van der Waals surface area contributed by atoms with Crippen LogP contribution in [0.25, 0.3) is 10.9 Å². The van der Waals surface area contributed by atoms with Crippen molar-refractivity contribution in [3.05, 3.63) is 65.1 Å². The van der Waals surface area contributed by atoms with Crippen molar-refractivity contribution in [2.45, 2.75) is 39.0 Å². The Balaban J connectivity index is 1.51. The monoisotopic (exact) mass is 396 g/mol. The second kappa shape index (κ2) is 7.85. The van der Waals surface area contributed by atoms with Crippen molar-refractivity contribution in [1.29, 1.82) is 0 Å². The molecule has 2 heterocycles. The second-order valence-electron chi connectivity index (χ2n) is 7.31. The Hall–Kier alpha value is -2.90. The van der Waals surface area contributed by atoms with Crippen LogP contribution in [0.2, 0.25) is 0 Å². The number of benzene rings is 2. The van der Waals surface area contributed by atoms with Gasteiger partial charge in [-0.3, -0.25) is 4.79 Å². The minimum atomic E-state index is -0.379. The zero-order chi connectivity index (χ0) is 20.5. The predicted octanol–water partition coefficient (Wildman–Crippen LogP) is 3.41. The lowest BCUT2D eigenvalue weighted by atomic mass is 10.1. The van der Waals surface area contributed by atoms with Crippen molar-refractivity contribution >= 4 is 16.8 Å². The molecule has 0 bridgehead atoms. The number of hydrogen-bond donors (Lipinski definition) is 3. The van der Waals surface area contributed by atoms with Gasteiger partial charge >= 0.3 is 0 Å². The molecule has 7 heteroatoms. The van der Waals surface area contributed by atoms with Crippen LogP contribution >= 0.6 is 0 Å². The summed E-state index contributed by atoms with van der Waals surface area (Å²) in [5, 5.41) is 4.07. The van der Waals surface area contributed by atoms with E-state index in [1.165, 1.54) is 6.07 Å². The summed E-state index contributed by atoms with van der Waals surface area (Å²) in [6.45, 7) is 4.60. The summed E-state index contributed by atoms with van der Waals surface area (Å²) in [6, 6.07) is 12.8. The highest BCUT2D eigenvalue weighted by Gasteiger charge is 2.29. The molecule has 0 spiro atoms. The van der Waals surface area contributed by atoms with Crippen LogP contribution in [0.1, 0.15) is 41.0 Å². The van der Waals surface area contributed by atoms with Gasteiger partial charge in [0.25, 0.3) is 5.91 Å². The average molecular weight is 396 g/mol. The number of carbonyl (C=O) groups is 1. The number of hydrogen-bond acceptors (Lipinski definition) is 4. The van der Waals surface area contributed by atoms with E-state index >= 15 is 0 Å². The van der Waals surface area contributed by atoms with Crippen LogP contribution in [0.5, 0.6) is 5.75 Å². The Bertz CT molecular complexity index is 1060. The Morgan fingerprint density at radius 2 is 2.07 bits per heavy atom. The fraction of sp³-hybridized carbons (Fsp3) is 0.318. The molecule has 29 heavy (non-hydrogen) atoms. The second-order valence-corrected chi connectivity index (χ2v) is 7.31. The summed E-state index contributed by atoms with van der Waals surface area (Å²) in [7, 11) is 1.66. The molecule has 152 valence electrons. The van der Waals surface area contributed by atoms with Gasteiger partial charge in [-0.2, -0.15) is 0 Å². The quantitative estimate of drug-likeness (QED) is 0.618. The van der Waals surface area contributed by atoms with Crippen LogP contribution < -0.4 is 20.9 Å². The number of nitrogens with zero attached hydrogens (tertiary/aromatic N) is 1. The van der Waals surface area contributed by atoms with Gasteiger partial charge in [0.2, 0.25) is 0 Å². The maximum Gasteiger partial charge on any atom is 0.252 e. The predicted molar refractivity (Wildman–Crippen MR) is 110 cm³/mol. The molecule has 1 amide bonds. The molecule has 4 rings (SSSR count). The number of hydrazine groups is 1. The molecule has 3 aromatic rings. The number of methoxy groups -OCH3 is 1. The third kappa shape index (κ3) is 3.71. The molecule has 2 unspecified atom stereocenters. The van der Waals surface area contributed by atoms with Gasteiger partial charge in [0, 0.05) is 35.7 Å². The molecule has 0 radical (unpaired) electrons. The number of aryl methyl sites for hydroxylation is 2. The fourth-order valence-electron chi connectivity index (χ4n) is 3.84. The molecule has 0 saturated carbocycles. The molecule has 1 fully saturated rings. The maximum absolute atomic E-state index is 13.8. The smallest absolute Gasteiger partial charge is 0.252 e. The van der Waals surface area contributed by atoms with Crippen molar-refractivity contribution in [3.8, 4) is 5.75 Å². The van der Waals surface area contributed by atoms with Crippen molar-refractivity contribution in [2.75, 3.05) is 7.11 Å². The van der Waals surface area contributed by atoms with Gasteiger partial charge in [-0.1, -0.05) is 6.07 Å². The maximum atomic E-state index is 13.8. The van der Waals surface area contributed by atoms with Crippen LogP contribution in [0, 0.1) is 12.7 Å². The molecular formula is C22H25FN4O2. The zero-order valence-corrected chi connectivity index (χ0v) is 16.8. The molecule has 6 nitrogen and oxygen atoms in total. The third-order valence-corrected chi connectivity index (χ3v) is 5.46. The largest absolute Gasteiger partial charge is 0.497 e. The first-order valence-electron chi connectivity index (χ1n) is 9.75. The minimum absolute atomic E-state index is 0.0356. The van der Waals surface area contributed by atoms with Crippen LogP contribution in [0.15, 0.2) is 42.5 Å². The van der Waals surface area contributed by atoms with Crippen molar-refractivity contribution < 1.29 is 13.9 Å². The summed E-state index contributed by atoms with van der Waals surface area (Å²) >= 11 is 0. The van der Waals surface area contributed by atoms with E-state index in [4.69, 9.17) is 4.74 Å². The highest BCUT2D eigenvalue weighted by Crippen LogP contribution is 2.30. The molecule has 1 saturated heterocycles. The number of aromatic nitrogens is 1. The summed E-state index contributed by atoms with van der Waals surface area (Å²) in [4.78, 5) is 12.5. The Labute approximate surface area is 169 Å². The van der Waals surface area contributed by atoms with Gasteiger partial charge in [0.15, 0.2) is 0 Å². The summed E-state index contributed by atoms with van der Waals surface area (Å²) in [5.41, 5.74) is 9.50. The van der Waals surface area contributed by atoms with E-state index in [1.54, 1.807) is 26.2 Å². The van der Waals surface area contributed by atoms with Gasteiger partial charge in [-0.15, -0.1) is 0 Å². The Morgan fingerprint density at radius 3 is 2.79 bits per heavy atom. The summed E-state index contributed by atoms with van der Waals surface area (Å²) < 4.78 is 21.4. The molecule has 2 aromatic carbocycles. The third-order valence-electron chi connectivity index (χ3n) is 5.46. The van der Waals surface area contributed by atoms with E-state index in [0.717, 1.165) is 28.9 Å². The average Bonchev–Trinajstić information content (AvgIpc) is 3.33. The fourth-order valence-corrected chi connectivity index (χ4v) is 3.84.